The molecular formula is C23H28N2O6. The molecular weight excluding hydrogens is 400 g/mol. The van der Waals surface area contributed by atoms with E-state index in [1.807, 2.05) is 6.92 Å². The van der Waals surface area contributed by atoms with Crippen molar-refractivity contribution < 1.29 is 28.6 Å². The van der Waals surface area contributed by atoms with E-state index in [9.17, 15) is 14.4 Å². The Morgan fingerprint density at radius 1 is 0.935 bits per heavy atom. The fourth-order valence-corrected chi connectivity index (χ4v) is 2.69. The van der Waals surface area contributed by atoms with Gasteiger partial charge >= 0.3 is 5.97 Å². The predicted molar refractivity (Wildman–Crippen MR) is 116 cm³/mol. The lowest BCUT2D eigenvalue weighted by atomic mass is 10.0. The fourth-order valence-electron chi connectivity index (χ4n) is 2.69. The Morgan fingerprint density at radius 2 is 1.55 bits per heavy atom. The molecule has 166 valence electrons. The van der Waals surface area contributed by atoms with Crippen LogP contribution in [0.4, 0.5) is 5.69 Å². The zero-order chi connectivity index (χ0) is 22.8. The first kappa shape index (κ1) is 23.7. The number of carbonyl (C=O) groups excluding carboxylic acids is 3. The molecule has 0 fully saturated rings. The highest BCUT2D eigenvalue weighted by molar-refractivity contribution is 5.97. The molecule has 2 rings (SSSR count). The molecule has 0 bridgehead atoms. The molecule has 31 heavy (non-hydrogen) atoms. The van der Waals surface area contributed by atoms with Gasteiger partial charge in [-0.15, -0.1) is 0 Å². The predicted octanol–water partition coefficient (Wildman–Crippen LogP) is 3.03. The van der Waals surface area contributed by atoms with Gasteiger partial charge in [0.15, 0.2) is 6.61 Å². The minimum Gasteiger partial charge on any atom is -0.497 e. The molecule has 0 radical (unpaired) electrons. The molecule has 0 aliphatic carbocycles. The third-order valence-electron chi connectivity index (χ3n) is 4.35. The van der Waals surface area contributed by atoms with Crippen LogP contribution in [0.15, 0.2) is 48.5 Å². The van der Waals surface area contributed by atoms with Crippen molar-refractivity contribution in [3.63, 3.8) is 0 Å². The highest BCUT2D eigenvalue weighted by Crippen LogP contribution is 2.15. The Labute approximate surface area is 181 Å². The number of nitrogens with one attached hydrogen (secondary N) is 2. The number of rotatable bonds is 10. The summed E-state index contributed by atoms with van der Waals surface area (Å²) in [7, 11) is 1.55. The molecule has 1 atom stereocenters. The molecule has 0 unspecified atom stereocenters. The molecule has 2 aromatic rings. The summed E-state index contributed by atoms with van der Waals surface area (Å²) in [5.41, 5.74) is 0.935. The van der Waals surface area contributed by atoms with Crippen molar-refractivity contribution in [2.75, 3.05) is 25.6 Å². The normalized spacial score (nSPS) is 11.4. The van der Waals surface area contributed by atoms with Crippen molar-refractivity contribution >= 4 is 23.5 Å². The molecule has 0 aromatic heterocycles. The van der Waals surface area contributed by atoms with Gasteiger partial charge < -0.3 is 24.8 Å². The number of ether oxygens (including phenoxy) is 3. The monoisotopic (exact) mass is 428 g/mol. The maximum Gasteiger partial charge on any atom is 0.329 e. The van der Waals surface area contributed by atoms with E-state index in [1.165, 1.54) is 0 Å². The Balaban J connectivity index is 1.90. The molecule has 0 saturated carbocycles. The van der Waals surface area contributed by atoms with Crippen molar-refractivity contribution in [3.8, 4) is 11.5 Å². The Bertz CT molecular complexity index is 878. The molecule has 0 aliphatic rings. The SMILES string of the molecule is CCOc1ccc(C(=O)N[C@H](C(=O)OCC(=O)Nc2ccc(OC)cc2)C(C)C)cc1. The second-order valence-electron chi connectivity index (χ2n) is 7.04. The first-order valence-corrected chi connectivity index (χ1v) is 9.98. The molecule has 8 heteroatoms. The van der Waals surface area contributed by atoms with Crippen LogP contribution in [0.25, 0.3) is 0 Å². The number of benzene rings is 2. The number of methoxy groups -OCH3 is 1. The summed E-state index contributed by atoms with van der Waals surface area (Å²) in [5, 5.41) is 5.30. The van der Waals surface area contributed by atoms with E-state index in [2.05, 4.69) is 10.6 Å². The average molecular weight is 428 g/mol. The Kier molecular flexibility index (Phi) is 8.87. The van der Waals surface area contributed by atoms with Gasteiger partial charge in [-0.25, -0.2) is 4.79 Å². The largest absolute Gasteiger partial charge is 0.497 e. The van der Waals surface area contributed by atoms with E-state index in [0.717, 1.165) is 0 Å². The third-order valence-corrected chi connectivity index (χ3v) is 4.35. The van der Waals surface area contributed by atoms with Crippen LogP contribution >= 0.6 is 0 Å². The summed E-state index contributed by atoms with van der Waals surface area (Å²) >= 11 is 0. The lowest BCUT2D eigenvalue weighted by Gasteiger charge is -2.21. The second kappa shape index (κ2) is 11.6. The molecule has 2 aromatic carbocycles. The second-order valence-corrected chi connectivity index (χ2v) is 7.04. The van der Waals surface area contributed by atoms with Gasteiger partial charge in [0.05, 0.1) is 13.7 Å². The highest BCUT2D eigenvalue weighted by Gasteiger charge is 2.26. The quantitative estimate of drug-likeness (QED) is 0.564. The van der Waals surface area contributed by atoms with E-state index in [-0.39, 0.29) is 5.92 Å². The molecule has 8 nitrogen and oxygen atoms in total. The van der Waals surface area contributed by atoms with Crippen LogP contribution < -0.4 is 20.1 Å². The van der Waals surface area contributed by atoms with Crippen molar-refractivity contribution in [3.05, 3.63) is 54.1 Å². The molecule has 0 spiro atoms. The van der Waals surface area contributed by atoms with Crippen LogP contribution in [0.5, 0.6) is 11.5 Å². The van der Waals surface area contributed by atoms with E-state index in [4.69, 9.17) is 14.2 Å². The van der Waals surface area contributed by atoms with Crippen LogP contribution in [0.1, 0.15) is 31.1 Å². The fraction of sp³-hybridized carbons (Fsp3) is 0.348. The third kappa shape index (κ3) is 7.33. The smallest absolute Gasteiger partial charge is 0.329 e. The van der Waals surface area contributed by atoms with E-state index in [1.54, 1.807) is 69.5 Å². The van der Waals surface area contributed by atoms with Gasteiger partial charge in [0, 0.05) is 11.3 Å². The van der Waals surface area contributed by atoms with Gasteiger partial charge in [-0.05, 0) is 61.4 Å². The molecule has 0 heterocycles. The average Bonchev–Trinajstić information content (AvgIpc) is 2.76. The summed E-state index contributed by atoms with van der Waals surface area (Å²) in [5.74, 6) is -0.502. The van der Waals surface area contributed by atoms with Crippen molar-refractivity contribution in [2.24, 2.45) is 5.92 Å². The van der Waals surface area contributed by atoms with E-state index in [0.29, 0.717) is 29.4 Å². The van der Waals surface area contributed by atoms with Crippen LogP contribution in [-0.4, -0.2) is 44.1 Å². The van der Waals surface area contributed by atoms with Crippen LogP contribution in [0, 0.1) is 5.92 Å². The van der Waals surface area contributed by atoms with Crippen LogP contribution in [-0.2, 0) is 14.3 Å². The zero-order valence-electron chi connectivity index (χ0n) is 18.1. The summed E-state index contributed by atoms with van der Waals surface area (Å²) in [6, 6.07) is 12.5. The van der Waals surface area contributed by atoms with Gasteiger partial charge in [0.2, 0.25) is 0 Å². The van der Waals surface area contributed by atoms with Crippen molar-refractivity contribution in [1.29, 1.82) is 0 Å². The lowest BCUT2D eigenvalue weighted by molar-refractivity contribution is -0.150. The number of amides is 2. The highest BCUT2D eigenvalue weighted by atomic mass is 16.5. The number of hydrogen-bond donors (Lipinski definition) is 2. The van der Waals surface area contributed by atoms with Gasteiger partial charge in [0.1, 0.15) is 17.5 Å². The van der Waals surface area contributed by atoms with Gasteiger partial charge in [-0.1, -0.05) is 13.8 Å². The summed E-state index contributed by atoms with van der Waals surface area (Å²) in [6.45, 7) is 5.49. The van der Waals surface area contributed by atoms with Crippen molar-refractivity contribution in [1.82, 2.24) is 5.32 Å². The van der Waals surface area contributed by atoms with Gasteiger partial charge in [0.25, 0.3) is 11.8 Å². The maximum atomic E-state index is 12.5. The number of carbonyl (C=O) groups is 3. The summed E-state index contributed by atoms with van der Waals surface area (Å²) in [4.78, 5) is 37.1. The molecule has 2 N–H and O–H groups in total. The number of anilines is 1. The zero-order valence-corrected chi connectivity index (χ0v) is 18.1. The summed E-state index contributed by atoms with van der Waals surface area (Å²) in [6.07, 6.45) is 0. The Hall–Kier alpha value is -3.55. The number of esters is 1. The minimum absolute atomic E-state index is 0.233. The van der Waals surface area contributed by atoms with Crippen LogP contribution in [0.2, 0.25) is 0 Å². The van der Waals surface area contributed by atoms with Crippen LogP contribution in [0.3, 0.4) is 0 Å². The maximum absolute atomic E-state index is 12.5. The number of hydrogen-bond acceptors (Lipinski definition) is 6. The standard InChI is InChI=1S/C23H28N2O6/c1-5-30-19-10-6-16(7-11-19)22(27)25-21(15(2)3)23(28)31-14-20(26)24-17-8-12-18(29-4)13-9-17/h6-13,15,21H,5,14H2,1-4H3,(H,24,26)(H,25,27)/t21-/m0/s1. The van der Waals surface area contributed by atoms with Crippen molar-refractivity contribution in [2.45, 2.75) is 26.8 Å². The molecule has 0 aliphatic heterocycles. The topological polar surface area (TPSA) is 103 Å². The Morgan fingerprint density at radius 3 is 2.10 bits per heavy atom. The first-order chi connectivity index (χ1) is 14.8. The van der Waals surface area contributed by atoms with E-state index >= 15 is 0 Å². The lowest BCUT2D eigenvalue weighted by Crippen LogP contribution is -2.45. The molecule has 0 saturated heterocycles. The first-order valence-electron chi connectivity index (χ1n) is 9.98. The summed E-state index contributed by atoms with van der Waals surface area (Å²) < 4.78 is 15.5. The van der Waals surface area contributed by atoms with Gasteiger partial charge in [-0.3, -0.25) is 9.59 Å². The molecule has 2 amide bonds. The van der Waals surface area contributed by atoms with E-state index < -0.39 is 30.4 Å². The van der Waals surface area contributed by atoms with Gasteiger partial charge in [-0.2, -0.15) is 0 Å². The minimum atomic E-state index is -0.896.